The third-order valence-corrected chi connectivity index (χ3v) is 4.91. The fourth-order valence-corrected chi connectivity index (χ4v) is 3.68. The van der Waals surface area contributed by atoms with E-state index in [1.165, 1.54) is 38.5 Å². The van der Waals surface area contributed by atoms with Crippen molar-refractivity contribution in [2.24, 2.45) is 11.3 Å². The first-order valence-corrected chi connectivity index (χ1v) is 7.34. The highest BCUT2D eigenvalue weighted by Crippen LogP contribution is 2.46. The number of halogens is 1. The molecule has 1 spiro atoms. The second-order valence-electron chi connectivity index (χ2n) is 5.70. The molecule has 1 aliphatic carbocycles. The second kappa shape index (κ2) is 5.13. The van der Waals surface area contributed by atoms with Crippen LogP contribution < -0.4 is 16.2 Å². The van der Waals surface area contributed by atoms with Gasteiger partial charge in [0.25, 0.3) is 0 Å². The maximum Gasteiger partial charge on any atom is 0.239 e. The van der Waals surface area contributed by atoms with Gasteiger partial charge in [0.2, 0.25) is 5.95 Å². The molecular weight excluding hydrogens is 262 g/mol. The lowest BCUT2D eigenvalue weighted by molar-refractivity contribution is 0.226. The van der Waals surface area contributed by atoms with Crippen LogP contribution in [-0.2, 0) is 0 Å². The normalized spacial score (nSPS) is 21.9. The summed E-state index contributed by atoms with van der Waals surface area (Å²) in [5.41, 5.74) is 3.08. The lowest BCUT2D eigenvalue weighted by atomic mass is 9.77. The van der Waals surface area contributed by atoms with E-state index in [0.717, 1.165) is 18.9 Å². The van der Waals surface area contributed by atoms with Crippen LogP contribution in [0.3, 0.4) is 0 Å². The number of nitrogens with two attached hydrogens (primary N) is 1. The van der Waals surface area contributed by atoms with Crippen molar-refractivity contribution >= 4 is 23.4 Å². The van der Waals surface area contributed by atoms with Gasteiger partial charge in [-0.05, 0) is 31.1 Å². The minimum absolute atomic E-state index is 0.417. The zero-order chi connectivity index (χ0) is 13.3. The van der Waals surface area contributed by atoms with Crippen LogP contribution in [0.15, 0.2) is 6.20 Å². The summed E-state index contributed by atoms with van der Waals surface area (Å²) in [5, 5.41) is 0.598. The standard InChI is InChI=1S/C13H20ClN5/c14-10-9-16-12(18-15)17-11(10)19-7-5-13(6-8-19)3-1-2-4-13/h9H,1-8,15H2,(H,16,17,18). The number of hydrogen-bond donors (Lipinski definition) is 2. The number of nitrogen functional groups attached to an aromatic ring is 1. The Labute approximate surface area is 118 Å². The van der Waals surface area contributed by atoms with Gasteiger partial charge < -0.3 is 4.90 Å². The zero-order valence-corrected chi connectivity index (χ0v) is 11.8. The van der Waals surface area contributed by atoms with E-state index in [9.17, 15) is 0 Å². The highest BCUT2D eigenvalue weighted by Gasteiger charge is 2.37. The van der Waals surface area contributed by atoms with Gasteiger partial charge in [-0.3, -0.25) is 5.43 Å². The molecule has 1 saturated heterocycles. The topological polar surface area (TPSA) is 67.1 Å². The Hall–Kier alpha value is -1.07. The zero-order valence-electron chi connectivity index (χ0n) is 11.0. The molecule has 0 amide bonds. The van der Waals surface area contributed by atoms with Crippen molar-refractivity contribution in [2.45, 2.75) is 38.5 Å². The van der Waals surface area contributed by atoms with E-state index >= 15 is 0 Å². The molecule has 2 aliphatic rings. The highest BCUT2D eigenvalue weighted by atomic mass is 35.5. The Morgan fingerprint density at radius 2 is 1.89 bits per heavy atom. The molecule has 5 nitrogen and oxygen atoms in total. The molecule has 2 fully saturated rings. The number of rotatable bonds is 2. The maximum atomic E-state index is 6.20. The SMILES string of the molecule is NNc1ncc(Cl)c(N2CCC3(CCCC3)CC2)n1. The van der Waals surface area contributed by atoms with E-state index in [4.69, 9.17) is 17.4 Å². The average molecular weight is 282 g/mol. The number of anilines is 2. The number of hydrogen-bond acceptors (Lipinski definition) is 5. The van der Waals surface area contributed by atoms with Crippen LogP contribution in [0.5, 0.6) is 0 Å². The van der Waals surface area contributed by atoms with Crippen LogP contribution in [0, 0.1) is 5.41 Å². The molecule has 0 unspecified atom stereocenters. The molecule has 1 aliphatic heterocycles. The van der Waals surface area contributed by atoms with E-state index in [2.05, 4.69) is 20.3 Å². The van der Waals surface area contributed by atoms with E-state index in [-0.39, 0.29) is 0 Å². The molecule has 2 heterocycles. The molecule has 19 heavy (non-hydrogen) atoms. The third kappa shape index (κ3) is 2.49. The summed E-state index contributed by atoms with van der Waals surface area (Å²) in [6.07, 6.45) is 9.70. The van der Waals surface area contributed by atoms with Crippen molar-refractivity contribution in [3.8, 4) is 0 Å². The predicted molar refractivity (Wildman–Crippen MR) is 77.2 cm³/mol. The quantitative estimate of drug-likeness (QED) is 0.644. The lowest BCUT2D eigenvalue weighted by Gasteiger charge is -2.40. The maximum absolute atomic E-state index is 6.20. The first kappa shape index (κ1) is 12.9. The van der Waals surface area contributed by atoms with Crippen molar-refractivity contribution in [3.63, 3.8) is 0 Å². The summed E-state index contributed by atoms with van der Waals surface area (Å²) in [7, 11) is 0. The number of nitrogens with zero attached hydrogens (tertiary/aromatic N) is 3. The molecule has 6 heteroatoms. The predicted octanol–water partition coefficient (Wildman–Crippen LogP) is 2.58. The van der Waals surface area contributed by atoms with Gasteiger partial charge in [-0.25, -0.2) is 10.8 Å². The van der Waals surface area contributed by atoms with E-state index in [1.807, 2.05) is 0 Å². The highest BCUT2D eigenvalue weighted by molar-refractivity contribution is 6.32. The summed E-state index contributed by atoms with van der Waals surface area (Å²) >= 11 is 6.20. The fraction of sp³-hybridized carbons (Fsp3) is 0.692. The largest absolute Gasteiger partial charge is 0.355 e. The van der Waals surface area contributed by atoms with Gasteiger partial charge in [-0.2, -0.15) is 4.98 Å². The third-order valence-electron chi connectivity index (χ3n) is 4.64. The number of hydrazine groups is 1. The summed E-state index contributed by atoms with van der Waals surface area (Å²) in [6.45, 7) is 2.06. The average Bonchev–Trinajstić information content (AvgIpc) is 2.89. The number of aromatic nitrogens is 2. The molecule has 0 bridgehead atoms. The minimum atomic E-state index is 0.417. The monoisotopic (exact) mass is 281 g/mol. The second-order valence-corrected chi connectivity index (χ2v) is 6.11. The van der Waals surface area contributed by atoms with Crippen LogP contribution in [0.1, 0.15) is 38.5 Å². The first-order valence-electron chi connectivity index (χ1n) is 6.97. The van der Waals surface area contributed by atoms with Crippen LogP contribution in [-0.4, -0.2) is 23.1 Å². The van der Waals surface area contributed by atoms with Crippen LogP contribution in [0.4, 0.5) is 11.8 Å². The van der Waals surface area contributed by atoms with Gasteiger partial charge in [-0.1, -0.05) is 24.4 Å². The van der Waals surface area contributed by atoms with Crippen molar-refractivity contribution in [1.82, 2.24) is 9.97 Å². The Morgan fingerprint density at radius 3 is 2.53 bits per heavy atom. The summed E-state index contributed by atoms with van der Waals surface area (Å²) in [5.74, 6) is 6.58. The van der Waals surface area contributed by atoms with Crippen molar-refractivity contribution in [2.75, 3.05) is 23.4 Å². The molecule has 1 saturated carbocycles. The molecule has 3 rings (SSSR count). The molecular formula is C13H20ClN5. The number of piperidine rings is 1. The first-order chi connectivity index (χ1) is 9.22. The van der Waals surface area contributed by atoms with Crippen molar-refractivity contribution < 1.29 is 0 Å². The fourth-order valence-electron chi connectivity index (χ4n) is 3.47. The molecule has 1 aromatic heterocycles. The summed E-state index contributed by atoms with van der Waals surface area (Å²) in [6, 6.07) is 0. The Kier molecular flexibility index (Phi) is 3.50. The van der Waals surface area contributed by atoms with Gasteiger partial charge >= 0.3 is 0 Å². The van der Waals surface area contributed by atoms with E-state index in [0.29, 0.717) is 16.4 Å². The molecule has 3 N–H and O–H groups in total. The Morgan fingerprint density at radius 1 is 1.21 bits per heavy atom. The lowest BCUT2D eigenvalue weighted by Crippen LogP contribution is -2.39. The molecule has 104 valence electrons. The van der Waals surface area contributed by atoms with Gasteiger partial charge in [-0.15, -0.1) is 0 Å². The Bertz CT molecular complexity index is 448. The minimum Gasteiger partial charge on any atom is -0.355 e. The van der Waals surface area contributed by atoms with E-state index < -0.39 is 0 Å². The number of nitrogens with one attached hydrogen (secondary N) is 1. The van der Waals surface area contributed by atoms with Crippen molar-refractivity contribution in [1.29, 1.82) is 0 Å². The van der Waals surface area contributed by atoms with Crippen LogP contribution >= 0.6 is 11.6 Å². The Balaban J connectivity index is 1.74. The molecule has 1 aromatic rings. The summed E-state index contributed by atoms with van der Waals surface area (Å²) in [4.78, 5) is 10.7. The van der Waals surface area contributed by atoms with Crippen LogP contribution in [0.2, 0.25) is 5.02 Å². The molecule has 0 radical (unpaired) electrons. The molecule has 0 aromatic carbocycles. The van der Waals surface area contributed by atoms with Crippen LogP contribution in [0.25, 0.3) is 0 Å². The van der Waals surface area contributed by atoms with E-state index in [1.54, 1.807) is 6.20 Å². The van der Waals surface area contributed by atoms with Gasteiger partial charge in [0.1, 0.15) is 5.02 Å². The molecule has 0 atom stereocenters. The van der Waals surface area contributed by atoms with Gasteiger partial charge in [0, 0.05) is 13.1 Å². The smallest absolute Gasteiger partial charge is 0.239 e. The summed E-state index contributed by atoms with van der Waals surface area (Å²) < 4.78 is 0. The van der Waals surface area contributed by atoms with Gasteiger partial charge in [0.15, 0.2) is 5.82 Å². The van der Waals surface area contributed by atoms with Crippen molar-refractivity contribution in [3.05, 3.63) is 11.2 Å². The van der Waals surface area contributed by atoms with Gasteiger partial charge in [0.05, 0.1) is 6.20 Å².